The number of hydrogen-bond donors (Lipinski definition) is 1. The minimum absolute atomic E-state index is 0.0496. The van der Waals surface area contributed by atoms with Crippen LogP contribution < -0.4 is 5.32 Å². The van der Waals surface area contributed by atoms with Crippen LogP contribution in [0.4, 0.5) is 0 Å². The van der Waals surface area contributed by atoms with E-state index in [1.165, 1.54) is 32.1 Å². The highest BCUT2D eigenvalue weighted by atomic mass is 16.2. The molecule has 1 saturated carbocycles. The smallest absolute Gasteiger partial charge is 0.241 e. The van der Waals surface area contributed by atoms with E-state index >= 15 is 0 Å². The Morgan fingerprint density at radius 3 is 2.61 bits per heavy atom. The largest absolute Gasteiger partial charge is 0.326 e. The van der Waals surface area contributed by atoms with E-state index in [0.717, 1.165) is 18.9 Å². The maximum Gasteiger partial charge on any atom is 0.241 e. The van der Waals surface area contributed by atoms with Crippen molar-refractivity contribution in [2.45, 2.75) is 71.5 Å². The zero-order chi connectivity index (χ0) is 13.1. The van der Waals surface area contributed by atoms with Gasteiger partial charge in [0.05, 0.1) is 12.2 Å². The molecule has 1 saturated heterocycles. The van der Waals surface area contributed by atoms with Crippen LogP contribution in [0, 0.1) is 11.8 Å². The van der Waals surface area contributed by atoms with Crippen molar-refractivity contribution in [3.05, 3.63) is 0 Å². The molecule has 1 aliphatic carbocycles. The molecule has 0 aromatic carbocycles. The molecule has 104 valence electrons. The molecule has 1 heterocycles. The lowest BCUT2D eigenvalue weighted by molar-refractivity contribution is -0.131. The van der Waals surface area contributed by atoms with Gasteiger partial charge in [-0.15, -0.1) is 0 Å². The topological polar surface area (TPSA) is 32.3 Å². The highest BCUT2D eigenvalue weighted by Crippen LogP contribution is 2.27. The van der Waals surface area contributed by atoms with Crippen LogP contribution in [0.15, 0.2) is 0 Å². The van der Waals surface area contributed by atoms with E-state index in [1.807, 2.05) is 0 Å². The number of amides is 1. The van der Waals surface area contributed by atoms with Gasteiger partial charge in [-0.05, 0) is 31.6 Å². The van der Waals surface area contributed by atoms with E-state index in [0.29, 0.717) is 11.8 Å². The fourth-order valence-corrected chi connectivity index (χ4v) is 3.33. The van der Waals surface area contributed by atoms with Crippen LogP contribution in [0.5, 0.6) is 0 Å². The molecule has 1 aliphatic heterocycles. The second-order valence-electron chi connectivity index (χ2n) is 6.20. The van der Waals surface area contributed by atoms with E-state index in [1.54, 1.807) is 0 Å². The molecule has 2 fully saturated rings. The fourth-order valence-electron chi connectivity index (χ4n) is 3.33. The summed E-state index contributed by atoms with van der Waals surface area (Å²) in [6.07, 6.45) is 7.99. The summed E-state index contributed by atoms with van der Waals surface area (Å²) in [5.74, 6) is 1.52. The zero-order valence-corrected chi connectivity index (χ0v) is 12.1. The van der Waals surface area contributed by atoms with Gasteiger partial charge in [0.15, 0.2) is 0 Å². The van der Waals surface area contributed by atoms with Crippen molar-refractivity contribution >= 4 is 5.91 Å². The summed E-state index contributed by atoms with van der Waals surface area (Å²) in [6, 6.07) is 0.0496. The molecule has 3 atom stereocenters. The van der Waals surface area contributed by atoms with E-state index < -0.39 is 0 Å². The molecule has 1 N–H and O–H groups in total. The Labute approximate surface area is 111 Å². The summed E-state index contributed by atoms with van der Waals surface area (Å²) in [7, 11) is 0. The number of rotatable bonds is 4. The van der Waals surface area contributed by atoms with E-state index in [2.05, 4.69) is 31.0 Å². The van der Waals surface area contributed by atoms with Crippen molar-refractivity contribution in [1.82, 2.24) is 10.2 Å². The molecule has 0 radical (unpaired) electrons. The van der Waals surface area contributed by atoms with Crippen molar-refractivity contribution in [2.75, 3.05) is 6.54 Å². The minimum Gasteiger partial charge on any atom is -0.326 e. The summed E-state index contributed by atoms with van der Waals surface area (Å²) >= 11 is 0. The molecule has 0 spiro atoms. The first-order chi connectivity index (χ1) is 8.63. The van der Waals surface area contributed by atoms with Gasteiger partial charge in [0.1, 0.15) is 0 Å². The van der Waals surface area contributed by atoms with Crippen LogP contribution in [0.2, 0.25) is 0 Å². The monoisotopic (exact) mass is 252 g/mol. The van der Waals surface area contributed by atoms with Crippen molar-refractivity contribution in [3.8, 4) is 0 Å². The molecule has 3 heteroatoms. The first-order valence-corrected chi connectivity index (χ1v) is 7.70. The van der Waals surface area contributed by atoms with Crippen molar-refractivity contribution in [3.63, 3.8) is 0 Å². The highest BCUT2D eigenvalue weighted by molar-refractivity contribution is 5.84. The molecule has 3 nitrogen and oxygen atoms in total. The SMILES string of the molecule is CCC(C)C1NC(C)N(CC2CCCCC2)C1=O. The first kappa shape index (κ1) is 13.9. The van der Waals surface area contributed by atoms with Gasteiger partial charge >= 0.3 is 0 Å². The normalized spacial score (nSPS) is 31.9. The first-order valence-electron chi connectivity index (χ1n) is 7.70. The van der Waals surface area contributed by atoms with Crippen LogP contribution in [0.3, 0.4) is 0 Å². The second-order valence-corrected chi connectivity index (χ2v) is 6.20. The lowest BCUT2D eigenvalue weighted by Crippen LogP contribution is -2.39. The summed E-state index contributed by atoms with van der Waals surface area (Å²) in [4.78, 5) is 14.5. The Balaban J connectivity index is 1.93. The van der Waals surface area contributed by atoms with Gasteiger partial charge in [-0.2, -0.15) is 0 Å². The molecular weight excluding hydrogens is 224 g/mol. The van der Waals surface area contributed by atoms with Crippen LogP contribution >= 0.6 is 0 Å². The molecule has 18 heavy (non-hydrogen) atoms. The quantitative estimate of drug-likeness (QED) is 0.834. The van der Waals surface area contributed by atoms with Gasteiger partial charge in [-0.25, -0.2) is 0 Å². The molecule has 0 aromatic rings. The predicted molar refractivity (Wildman–Crippen MR) is 74.1 cm³/mol. The van der Waals surface area contributed by atoms with Gasteiger partial charge in [-0.1, -0.05) is 39.5 Å². The average molecular weight is 252 g/mol. The Kier molecular flexibility index (Phi) is 4.66. The Morgan fingerprint density at radius 1 is 1.33 bits per heavy atom. The molecular formula is C15H28N2O. The number of nitrogens with zero attached hydrogens (tertiary/aromatic N) is 1. The van der Waals surface area contributed by atoms with Crippen molar-refractivity contribution in [1.29, 1.82) is 0 Å². The fraction of sp³-hybridized carbons (Fsp3) is 0.933. The Hall–Kier alpha value is -0.570. The summed E-state index contributed by atoms with van der Waals surface area (Å²) in [5.41, 5.74) is 0. The van der Waals surface area contributed by atoms with Crippen LogP contribution in [-0.2, 0) is 4.79 Å². The minimum atomic E-state index is 0.0496. The molecule has 1 amide bonds. The summed E-state index contributed by atoms with van der Waals surface area (Å²) in [6.45, 7) is 7.43. The molecule has 0 bridgehead atoms. The Bertz CT molecular complexity index is 286. The van der Waals surface area contributed by atoms with Gasteiger partial charge in [0.25, 0.3) is 0 Å². The van der Waals surface area contributed by atoms with Gasteiger partial charge in [0.2, 0.25) is 5.91 Å². The summed E-state index contributed by atoms with van der Waals surface area (Å²) < 4.78 is 0. The van der Waals surface area contributed by atoms with E-state index in [9.17, 15) is 4.79 Å². The lowest BCUT2D eigenvalue weighted by atomic mass is 9.89. The molecule has 2 rings (SSSR count). The van der Waals surface area contributed by atoms with E-state index in [4.69, 9.17) is 0 Å². The van der Waals surface area contributed by atoms with Crippen molar-refractivity contribution < 1.29 is 4.79 Å². The van der Waals surface area contributed by atoms with Gasteiger partial charge in [0, 0.05) is 6.54 Å². The number of hydrogen-bond acceptors (Lipinski definition) is 2. The summed E-state index contributed by atoms with van der Waals surface area (Å²) in [5, 5.41) is 3.47. The molecule has 2 aliphatic rings. The number of carbonyl (C=O) groups is 1. The third-order valence-electron chi connectivity index (χ3n) is 4.83. The Morgan fingerprint density at radius 2 is 2.00 bits per heavy atom. The standard InChI is InChI=1S/C15H28N2O/c1-4-11(2)14-15(18)17(12(3)16-14)10-13-8-6-5-7-9-13/h11-14,16H,4-10H2,1-3H3. The third kappa shape index (κ3) is 2.87. The van der Waals surface area contributed by atoms with Crippen LogP contribution in [0.1, 0.15) is 59.3 Å². The average Bonchev–Trinajstić information content (AvgIpc) is 2.67. The number of carbonyl (C=O) groups excluding carboxylic acids is 1. The van der Waals surface area contributed by atoms with E-state index in [-0.39, 0.29) is 12.2 Å². The molecule has 3 unspecified atom stereocenters. The maximum atomic E-state index is 12.5. The number of nitrogens with one attached hydrogen (secondary N) is 1. The van der Waals surface area contributed by atoms with Crippen LogP contribution in [-0.4, -0.2) is 29.6 Å². The van der Waals surface area contributed by atoms with Crippen molar-refractivity contribution in [2.24, 2.45) is 11.8 Å². The third-order valence-corrected chi connectivity index (χ3v) is 4.83. The molecule has 0 aromatic heterocycles. The maximum absolute atomic E-state index is 12.5. The highest BCUT2D eigenvalue weighted by Gasteiger charge is 2.39. The second kappa shape index (κ2) is 6.05. The van der Waals surface area contributed by atoms with Gasteiger partial charge in [-0.3, -0.25) is 10.1 Å². The van der Waals surface area contributed by atoms with Gasteiger partial charge < -0.3 is 4.90 Å². The van der Waals surface area contributed by atoms with Crippen LogP contribution in [0.25, 0.3) is 0 Å². The lowest BCUT2D eigenvalue weighted by Gasteiger charge is -2.29. The predicted octanol–water partition coefficient (Wildman–Crippen LogP) is 2.76. The zero-order valence-electron chi connectivity index (χ0n) is 12.1.